The van der Waals surface area contributed by atoms with Crippen molar-refractivity contribution in [3.05, 3.63) is 0 Å². The highest BCUT2D eigenvalue weighted by atomic mass is 16.2. The highest BCUT2D eigenvalue weighted by molar-refractivity contribution is 5.74. The molecule has 5 nitrogen and oxygen atoms in total. The van der Waals surface area contributed by atoms with Crippen molar-refractivity contribution in [1.29, 1.82) is 0 Å². The molecule has 0 saturated carbocycles. The topological polar surface area (TPSA) is 38.8 Å². The lowest BCUT2D eigenvalue weighted by molar-refractivity contribution is 0.136. The molecule has 1 N–H and O–H groups in total. The zero-order chi connectivity index (χ0) is 13.4. The molecule has 0 aromatic rings. The van der Waals surface area contributed by atoms with Crippen LogP contribution >= 0.6 is 0 Å². The largest absolute Gasteiger partial charge is 0.338 e. The monoisotopic (exact) mass is 256 g/mol. The van der Waals surface area contributed by atoms with Crippen molar-refractivity contribution in [2.24, 2.45) is 0 Å². The van der Waals surface area contributed by atoms with Crippen LogP contribution in [0.3, 0.4) is 0 Å². The number of nitrogens with zero attached hydrogens (tertiary/aromatic N) is 3. The molecule has 0 aromatic heterocycles. The Morgan fingerprint density at radius 2 is 1.89 bits per heavy atom. The molecule has 1 aliphatic rings. The third-order valence-corrected chi connectivity index (χ3v) is 3.27. The number of hydrogen-bond acceptors (Lipinski definition) is 3. The lowest BCUT2D eigenvalue weighted by Gasteiger charge is -2.34. The van der Waals surface area contributed by atoms with E-state index in [4.69, 9.17) is 0 Å². The van der Waals surface area contributed by atoms with E-state index < -0.39 is 0 Å². The molecule has 0 atom stereocenters. The lowest BCUT2D eigenvalue weighted by atomic mass is 10.3. The molecule has 1 fully saturated rings. The average Bonchev–Trinajstić information content (AvgIpc) is 2.36. The highest BCUT2D eigenvalue weighted by Gasteiger charge is 2.20. The molecule has 18 heavy (non-hydrogen) atoms. The minimum Gasteiger partial charge on any atom is -0.338 e. The summed E-state index contributed by atoms with van der Waals surface area (Å²) in [6, 6.07) is 0.102. The van der Waals surface area contributed by atoms with Crippen molar-refractivity contribution in [3.8, 4) is 0 Å². The Bertz CT molecular complexity index is 237. The van der Waals surface area contributed by atoms with E-state index in [2.05, 4.69) is 36.1 Å². The van der Waals surface area contributed by atoms with Crippen LogP contribution in [0.1, 0.15) is 19.8 Å². The first kappa shape index (κ1) is 15.2. The lowest BCUT2D eigenvalue weighted by Crippen LogP contribution is -2.52. The van der Waals surface area contributed by atoms with Gasteiger partial charge in [-0.05, 0) is 40.0 Å². The van der Waals surface area contributed by atoms with Crippen LogP contribution in [0, 0.1) is 0 Å². The molecule has 0 spiro atoms. The van der Waals surface area contributed by atoms with Gasteiger partial charge in [-0.3, -0.25) is 4.90 Å². The van der Waals surface area contributed by atoms with E-state index in [0.717, 1.165) is 52.2 Å². The van der Waals surface area contributed by atoms with E-state index in [1.165, 1.54) is 6.42 Å². The number of piperazine rings is 1. The van der Waals surface area contributed by atoms with Gasteiger partial charge in [0, 0.05) is 32.7 Å². The summed E-state index contributed by atoms with van der Waals surface area (Å²) < 4.78 is 0. The second kappa shape index (κ2) is 8.32. The highest BCUT2D eigenvalue weighted by Crippen LogP contribution is 2.03. The molecule has 106 valence electrons. The number of carbonyl (C=O) groups excluding carboxylic acids is 1. The Morgan fingerprint density at radius 1 is 1.22 bits per heavy atom. The van der Waals surface area contributed by atoms with Crippen LogP contribution in [0.25, 0.3) is 0 Å². The van der Waals surface area contributed by atoms with Crippen LogP contribution in [0.5, 0.6) is 0 Å². The number of urea groups is 1. The second-order valence-corrected chi connectivity index (χ2v) is 5.22. The summed E-state index contributed by atoms with van der Waals surface area (Å²) in [5.41, 5.74) is 0. The minimum absolute atomic E-state index is 0.102. The van der Waals surface area contributed by atoms with Crippen molar-refractivity contribution in [2.45, 2.75) is 19.8 Å². The van der Waals surface area contributed by atoms with Crippen molar-refractivity contribution in [3.63, 3.8) is 0 Å². The van der Waals surface area contributed by atoms with Gasteiger partial charge in [0.15, 0.2) is 0 Å². The quantitative estimate of drug-likeness (QED) is 0.759. The van der Waals surface area contributed by atoms with Crippen molar-refractivity contribution < 1.29 is 4.79 Å². The smallest absolute Gasteiger partial charge is 0.317 e. The molecule has 0 aliphatic carbocycles. The van der Waals surface area contributed by atoms with Gasteiger partial charge in [-0.25, -0.2) is 4.79 Å². The van der Waals surface area contributed by atoms with Gasteiger partial charge in [-0.1, -0.05) is 6.92 Å². The van der Waals surface area contributed by atoms with Gasteiger partial charge < -0.3 is 15.1 Å². The fraction of sp³-hybridized carbons (Fsp3) is 0.923. The summed E-state index contributed by atoms with van der Waals surface area (Å²) >= 11 is 0. The molecular weight excluding hydrogens is 228 g/mol. The molecule has 5 heteroatoms. The number of rotatable bonds is 6. The van der Waals surface area contributed by atoms with Crippen LogP contribution in [-0.4, -0.2) is 80.6 Å². The Hall–Kier alpha value is -0.810. The number of hydrogen-bond donors (Lipinski definition) is 1. The normalized spacial score (nSPS) is 17.2. The molecule has 1 rings (SSSR count). The predicted octanol–water partition coefficient (Wildman–Crippen LogP) is 0.675. The zero-order valence-corrected chi connectivity index (χ0v) is 12.1. The van der Waals surface area contributed by atoms with Crippen LogP contribution < -0.4 is 5.32 Å². The summed E-state index contributed by atoms with van der Waals surface area (Å²) in [5, 5.41) is 2.94. The van der Waals surface area contributed by atoms with Gasteiger partial charge in [-0.2, -0.15) is 0 Å². The maximum Gasteiger partial charge on any atom is 0.317 e. The molecule has 1 aliphatic heterocycles. The summed E-state index contributed by atoms with van der Waals surface area (Å²) in [6.45, 7) is 8.86. The maximum atomic E-state index is 11.8. The van der Waals surface area contributed by atoms with Gasteiger partial charge in [0.2, 0.25) is 0 Å². The third kappa shape index (κ3) is 5.69. The van der Waals surface area contributed by atoms with Crippen LogP contribution in [-0.2, 0) is 0 Å². The Morgan fingerprint density at radius 3 is 2.44 bits per heavy atom. The predicted molar refractivity (Wildman–Crippen MR) is 74.9 cm³/mol. The zero-order valence-electron chi connectivity index (χ0n) is 12.1. The number of amides is 2. The Balaban J connectivity index is 2.14. The first-order valence-corrected chi connectivity index (χ1v) is 7.03. The standard InChI is InChI=1S/C13H28N4O/c1-4-6-14-13(18)17-11-9-16(10-12-17)8-5-7-15(2)3/h4-12H2,1-3H3,(H,14,18). The molecule has 0 unspecified atom stereocenters. The van der Waals surface area contributed by atoms with Crippen LogP contribution in [0.2, 0.25) is 0 Å². The maximum absolute atomic E-state index is 11.8. The van der Waals surface area contributed by atoms with Gasteiger partial charge in [0.1, 0.15) is 0 Å². The van der Waals surface area contributed by atoms with Crippen molar-refractivity contribution in [2.75, 3.05) is 59.9 Å². The van der Waals surface area contributed by atoms with Crippen LogP contribution in [0.4, 0.5) is 4.79 Å². The SMILES string of the molecule is CCCNC(=O)N1CCN(CCCN(C)C)CC1. The Labute approximate surface area is 111 Å². The van der Waals surface area contributed by atoms with E-state index in [1.54, 1.807) is 0 Å². The summed E-state index contributed by atoms with van der Waals surface area (Å²) in [7, 11) is 4.21. The average molecular weight is 256 g/mol. The van der Waals surface area contributed by atoms with Gasteiger partial charge in [-0.15, -0.1) is 0 Å². The summed E-state index contributed by atoms with van der Waals surface area (Å²) in [4.78, 5) is 18.4. The van der Waals surface area contributed by atoms with Gasteiger partial charge in [0.25, 0.3) is 0 Å². The fourth-order valence-corrected chi connectivity index (χ4v) is 2.13. The summed E-state index contributed by atoms with van der Waals surface area (Å²) in [6.07, 6.45) is 2.20. The molecule has 1 heterocycles. The third-order valence-electron chi connectivity index (χ3n) is 3.27. The molecule has 0 bridgehead atoms. The molecule has 1 saturated heterocycles. The van der Waals surface area contributed by atoms with Crippen molar-refractivity contribution >= 4 is 6.03 Å². The molecule has 2 amide bonds. The minimum atomic E-state index is 0.102. The molecular formula is C13H28N4O. The van der Waals surface area contributed by atoms with E-state index in [-0.39, 0.29) is 6.03 Å². The van der Waals surface area contributed by atoms with E-state index in [1.807, 2.05) is 4.90 Å². The summed E-state index contributed by atoms with van der Waals surface area (Å²) in [5.74, 6) is 0. The van der Waals surface area contributed by atoms with E-state index in [0.29, 0.717) is 0 Å². The Kier molecular flexibility index (Phi) is 7.05. The van der Waals surface area contributed by atoms with Crippen LogP contribution in [0.15, 0.2) is 0 Å². The number of carbonyl (C=O) groups is 1. The first-order chi connectivity index (χ1) is 8.63. The first-order valence-electron chi connectivity index (χ1n) is 7.03. The van der Waals surface area contributed by atoms with Gasteiger partial charge >= 0.3 is 6.03 Å². The van der Waals surface area contributed by atoms with Gasteiger partial charge in [0.05, 0.1) is 0 Å². The van der Waals surface area contributed by atoms with E-state index >= 15 is 0 Å². The second-order valence-electron chi connectivity index (χ2n) is 5.22. The molecule has 0 radical (unpaired) electrons. The number of nitrogens with one attached hydrogen (secondary N) is 1. The van der Waals surface area contributed by atoms with E-state index in [9.17, 15) is 4.79 Å². The van der Waals surface area contributed by atoms with Crippen molar-refractivity contribution in [1.82, 2.24) is 20.0 Å². The molecule has 0 aromatic carbocycles. The fourth-order valence-electron chi connectivity index (χ4n) is 2.13.